The van der Waals surface area contributed by atoms with E-state index in [1.807, 2.05) is 0 Å². The van der Waals surface area contributed by atoms with Gasteiger partial charge in [-0.15, -0.1) is 0 Å². The van der Waals surface area contributed by atoms with Crippen molar-refractivity contribution in [3.8, 4) is 0 Å². The zero-order chi connectivity index (χ0) is 10.7. The quantitative estimate of drug-likeness (QED) is 0.753. The van der Waals surface area contributed by atoms with Crippen LogP contribution in [0.3, 0.4) is 0 Å². The van der Waals surface area contributed by atoms with E-state index in [0.717, 1.165) is 25.7 Å². The van der Waals surface area contributed by atoms with Gasteiger partial charge in [0.25, 0.3) is 0 Å². The molecule has 0 aromatic carbocycles. The summed E-state index contributed by atoms with van der Waals surface area (Å²) in [5, 5.41) is 9.44. The molecule has 0 heterocycles. The molecule has 0 spiro atoms. The third-order valence-electron chi connectivity index (χ3n) is 3.85. The topological polar surface area (TPSA) is 23.5 Å². The molecule has 0 aromatic rings. The van der Waals surface area contributed by atoms with Crippen LogP contribution in [0, 0.1) is 5.92 Å². The van der Waals surface area contributed by atoms with E-state index in [1.54, 1.807) is 0 Å². The van der Waals surface area contributed by atoms with Crippen molar-refractivity contribution in [3.63, 3.8) is 0 Å². The zero-order valence-corrected chi connectivity index (χ0v) is 10.0. The fourth-order valence-electron chi connectivity index (χ4n) is 2.27. The Kier molecular flexibility index (Phi) is 4.39. The maximum Gasteiger partial charge on any atom is 0.0541 e. The normalized spacial score (nSPS) is 31.1. The second kappa shape index (κ2) is 5.13. The first-order valence-corrected chi connectivity index (χ1v) is 5.92. The van der Waals surface area contributed by atoms with Gasteiger partial charge in [0.1, 0.15) is 0 Å². The molecular formula is C12H25NO. The molecule has 84 valence electrons. The standard InChI is InChI=1S/C12H25NO/c1-9(2)10(3)13(4)11-5-7-12(14)8-6-11/h9-12,14H,5-8H2,1-4H3. The first-order valence-electron chi connectivity index (χ1n) is 5.92. The van der Waals surface area contributed by atoms with E-state index >= 15 is 0 Å². The molecule has 0 radical (unpaired) electrons. The smallest absolute Gasteiger partial charge is 0.0541 e. The summed E-state index contributed by atoms with van der Waals surface area (Å²) in [6.45, 7) is 6.85. The number of aliphatic hydroxyl groups is 1. The maximum absolute atomic E-state index is 9.44. The van der Waals surface area contributed by atoms with Gasteiger partial charge in [0.15, 0.2) is 0 Å². The van der Waals surface area contributed by atoms with Crippen LogP contribution in [0.1, 0.15) is 46.5 Å². The molecule has 1 aliphatic carbocycles. The summed E-state index contributed by atoms with van der Waals surface area (Å²) in [6.07, 6.45) is 4.26. The van der Waals surface area contributed by atoms with Crippen molar-refractivity contribution in [2.24, 2.45) is 5.92 Å². The molecule has 1 rings (SSSR count). The van der Waals surface area contributed by atoms with Gasteiger partial charge in [-0.3, -0.25) is 0 Å². The van der Waals surface area contributed by atoms with E-state index in [9.17, 15) is 5.11 Å². The molecule has 1 aliphatic rings. The summed E-state index contributed by atoms with van der Waals surface area (Å²) in [5.41, 5.74) is 0. The van der Waals surface area contributed by atoms with Gasteiger partial charge in [-0.2, -0.15) is 0 Å². The third-order valence-corrected chi connectivity index (χ3v) is 3.85. The molecule has 0 aliphatic heterocycles. The lowest BCUT2D eigenvalue weighted by molar-refractivity contribution is 0.0603. The predicted molar refractivity (Wildman–Crippen MR) is 60.3 cm³/mol. The summed E-state index contributed by atoms with van der Waals surface area (Å²) >= 11 is 0. The van der Waals surface area contributed by atoms with Gasteiger partial charge in [0, 0.05) is 12.1 Å². The molecule has 0 saturated heterocycles. The molecule has 1 fully saturated rings. The van der Waals surface area contributed by atoms with Crippen molar-refractivity contribution >= 4 is 0 Å². The van der Waals surface area contributed by atoms with E-state index in [1.165, 1.54) is 0 Å². The predicted octanol–water partition coefficient (Wildman–Crippen LogP) is 2.27. The Bertz CT molecular complexity index is 162. The van der Waals surface area contributed by atoms with E-state index in [-0.39, 0.29) is 6.10 Å². The van der Waals surface area contributed by atoms with Crippen LogP contribution in [-0.4, -0.2) is 35.2 Å². The second-order valence-electron chi connectivity index (χ2n) is 5.11. The molecule has 1 atom stereocenters. The maximum atomic E-state index is 9.44. The van der Waals surface area contributed by atoms with Gasteiger partial charge in [0.05, 0.1) is 6.10 Å². The Labute approximate surface area is 88.3 Å². The molecule has 1 N–H and O–H groups in total. The fourth-order valence-corrected chi connectivity index (χ4v) is 2.27. The minimum Gasteiger partial charge on any atom is -0.393 e. The molecule has 2 nitrogen and oxygen atoms in total. The summed E-state index contributed by atoms with van der Waals surface area (Å²) in [4.78, 5) is 2.50. The van der Waals surface area contributed by atoms with Crippen LogP contribution >= 0.6 is 0 Å². The first kappa shape index (κ1) is 12.0. The minimum atomic E-state index is -0.0333. The highest BCUT2D eigenvalue weighted by Gasteiger charge is 2.26. The van der Waals surface area contributed by atoms with Crippen molar-refractivity contribution in [1.82, 2.24) is 4.90 Å². The highest BCUT2D eigenvalue weighted by molar-refractivity contribution is 4.81. The number of hydrogen-bond donors (Lipinski definition) is 1. The van der Waals surface area contributed by atoms with Crippen molar-refractivity contribution in [2.45, 2.75) is 64.6 Å². The van der Waals surface area contributed by atoms with E-state index in [0.29, 0.717) is 18.0 Å². The lowest BCUT2D eigenvalue weighted by atomic mass is 9.90. The number of nitrogens with zero attached hydrogens (tertiary/aromatic N) is 1. The third kappa shape index (κ3) is 2.96. The molecule has 0 amide bonds. The average Bonchev–Trinajstić information content (AvgIpc) is 2.16. The minimum absolute atomic E-state index is 0.0333. The Morgan fingerprint density at radius 3 is 2.00 bits per heavy atom. The number of rotatable bonds is 3. The summed E-state index contributed by atoms with van der Waals surface area (Å²) < 4.78 is 0. The van der Waals surface area contributed by atoms with Crippen molar-refractivity contribution < 1.29 is 5.11 Å². The van der Waals surface area contributed by atoms with Gasteiger partial charge >= 0.3 is 0 Å². The Hall–Kier alpha value is -0.0800. The van der Waals surface area contributed by atoms with Gasteiger partial charge in [-0.1, -0.05) is 13.8 Å². The van der Waals surface area contributed by atoms with Crippen LogP contribution in [0.25, 0.3) is 0 Å². The number of hydrogen-bond acceptors (Lipinski definition) is 2. The molecule has 14 heavy (non-hydrogen) atoms. The summed E-state index contributed by atoms with van der Waals surface area (Å²) in [5.74, 6) is 0.715. The largest absolute Gasteiger partial charge is 0.393 e. The molecule has 0 bridgehead atoms. The van der Waals surface area contributed by atoms with E-state index < -0.39 is 0 Å². The van der Waals surface area contributed by atoms with Crippen LogP contribution in [0.15, 0.2) is 0 Å². The molecule has 0 aromatic heterocycles. The molecule has 1 unspecified atom stereocenters. The molecule has 1 saturated carbocycles. The lowest BCUT2D eigenvalue weighted by Crippen LogP contribution is -2.43. The lowest BCUT2D eigenvalue weighted by Gasteiger charge is -2.38. The Morgan fingerprint density at radius 2 is 1.57 bits per heavy atom. The number of aliphatic hydroxyl groups excluding tert-OH is 1. The zero-order valence-electron chi connectivity index (χ0n) is 10.0. The highest BCUT2D eigenvalue weighted by atomic mass is 16.3. The average molecular weight is 199 g/mol. The molecule has 2 heteroatoms. The van der Waals surface area contributed by atoms with Crippen molar-refractivity contribution in [2.75, 3.05) is 7.05 Å². The van der Waals surface area contributed by atoms with Crippen molar-refractivity contribution in [3.05, 3.63) is 0 Å². The highest BCUT2D eigenvalue weighted by Crippen LogP contribution is 2.25. The van der Waals surface area contributed by atoms with Gasteiger partial charge in [0.2, 0.25) is 0 Å². The van der Waals surface area contributed by atoms with Crippen LogP contribution < -0.4 is 0 Å². The first-order chi connectivity index (χ1) is 6.52. The Balaban J connectivity index is 2.41. The SMILES string of the molecule is CC(C)C(C)N(C)C1CCC(O)CC1. The van der Waals surface area contributed by atoms with Crippen LogP contribution in [0.5, 0.6) is 0 Å². The van der Waals surface area contributed by atoms with Gasteiger partial charge in [-0.25, -0.2) is 0 Å². The second-order valence-corrected chi connectivity index (χ2v) is 5.11. The fraction of sp³-hybridized carbons (Fsp3) is 1.00. The van der Waals surface area contributed by atoms with Crippen LogP contribution in [0.2, 0.25) is 0 Å². The van der Waals surface area contributed by atoms with Crippen molar-refractivity contribution in [1.29, 1.82) is 0 Å². The Morgan fingerprint density at radius 1 is 1.07 bits per heavy atom. The summed E-state index contributed by atoms with van der Waals surface area (Å²) in [6, 6.07) is 1.34. The molecular weight excluding hydrogens is 174 g/mol. The van der Waals surface area contributed by atoms with Crippen LogP contribution in [0.4, 0.5) is 0 Å². The summed E-state index contributed by atoms with van der Waals surface area (Å²) in [7, 11) is 2.23. The van der Waals surface area contributed by atoms with Gasteiger partial charge < -0.3 is 10.0 Å². The van der Waals surface area contributed by atoms with Crippen LogP contribution in [-0.2, 0) is 0 Å². The van der Waals surface area contributed by atoms with E-state index in [4.69, 9.17) is 0 Å². The van der Waals surface area contributed by atoms with E-state index in [2.05, 4.69) is 32.7 Å². The monoisotopic (exact) mass is 199 g/mol. The van der Waals surface area contributed by atoms with Gasteiger partial charge in [-0.05, 0) is 45.6 Å².